The zero-order chi connectivity index (χ0) is 18.5. The molecular weight excluding hydrogens is 350 g/mol. The fraction of sp³-hybridized carbons (Fsp3) is 0.167. The van der Waals surface area contributed by atoms with Gasteiger partial charge in [-0.1, -0.05) is 42.1 Å². The standard InChI is InChI=1S/C18H17N5O2S/c1-12(24)15-10-6-7-11-16(15)19-17(25)13(2)26-18-20-21-22-23(18)14-8-4-3-5-9-14/h3-11,13H,1-2H3,(H,19,25). The number of ketones is 1. The Balaban J connectivity index is 1.74. The second-order valence-corrected chi connectivity index (χ2v) is 6.87. The van der Waals surface area contributed by atoms with E-state index in [4.69, 9.17) is 0 Å². The fourth-order valence-corrected chi connectivity index (χ4v) is 3.14. The van der Waals surface area contributed by atoms with Crippen molar-refractivity contribution in [2.75, 3.05) is 5.32 Å². The molecule has 2 aromatic carbocycles. The number of Topliss-reactive ketones (excluding diaryl/α,β-unsaturated/α-hetero) is 1. The molecule has 3 aromatic rings. The van der Waals surface area contributed by atoms with Crippen molar-refractivity contribution in [3.8, 4) is 5.69 Å². The minimum Gasteiger partial charge on any atom is -0.324 e. The summed E-state index contributed by atoms with van der Waals surface area (Å²) < 4.78 is 1.58. The van der Waals surface area contributed by atoms with Crippen LogP contribution in [0.3, 0.4) is 0 Å². The summed E-state index contributed by atoms with van der Waals surface area (Å²) in [5.41, 5.74) is 1.79. The summed E-state index contributed by atoms with van der Waals surface area (Å²) in [4.78, 5) is 24.2. The van der Waals surface area contributed by atoms with Gasteiger partial charge in [0, 0.05) is 5.56 Å². The van der Waals surface area contributed by atoms with E-state index >= 15 is 0 Å². The van der Waals surface area contributed by atoms with Gasteiger partial charge in [0.05, 0.1) is 16.6 Å². The van der Waals surface area contributed by atoms with E-state index < -0.39 is 5.25 Å². The molecule has 1 amide bonds. The number of tetrazole rings is 1. The number of amides is 1. The first-order chi connectivity index (χ1) is 12.6. The van der Waals surface area contributed by atoms with Crippen LogP contribution in [-0.2, 0) is 4.79 Å². The lowest BCUT2D eigenvalue weighted by atomic mass is 10.1. The topological polar surface area (TPSA) is 89.8 Å². The van der Waals surface area contributed by atoms with Crippen LogP contribution in [0.25, 0.3) is 5.69 Å². The molecule has 0 saturated carbocycles. The van der Waals surface area contributed by atoms with Crippen LogP contribution < -0.4 is 5.32 Å². The van der Waals surface area contributed by atoms with Gasteiger partial charge in [-0.15, -0.1) is 5.10 Å². The minimum absolute atomic E-state index is 0.103. The molecule has 0 radical (unpaired) electrons. The van der Waals surface area contributed by atoms with Gasteiger partial charge in [-0.2, -0.15) is 4.68 Å². The lowest BCUT2D eigenvalue weighted by Gasteiger charge is -2.13. The van der Waals surface area contributed by atoms with Gasteiger partial charge in [0.1, 0.15) is 0 Å². The van der Waals surface area contributed by atoms with Gasteiger partial charge in [-0.05, 0) is 48.5 Å². The fourth-order valence-electron chi connectivity index (χ4n) is 2.33. The Morgan fingerprint density at radius 2 is 1.77 bits per heavy atom. The van der Waals surface area contributed by atoms with E-state index in [0.717, 1.165) is 5.69 Å². The van der Waals surface area contributed by atoms with E-state index in [9.17, 15) is 9.59 Å². The molecule has 0 spiro atoms. The quantitative estimate of drug-likeness (QED) is 0.532. The highest BCUT2D eigenvalue weighted by molar-refractivity contribution is 8.00. The average Bonchev–Trinajstić information content (AvgIpc) is 3.10. The van der Waals surface area contributed by atoms with Crippen LogP contribution in [0.4, 0.5) is 5.69 Å². The average molecular weight is 367 g/mol. The van der Waals surface area contributed by atoms with Crippen LogP contribution in [0.15, 0.2) is 59.8 Å². The number of nitrogens with one attached hydrogen (secondary N) is 1. The first-order valence-corrected chi connectivity index (χ1v) is 8.85. The maximum Gasteiger partial charge on any atom is 0.237 e. The van der Waals surface area contributed by atoms with E-state index in [2.05, 4.69) is 20.8 Å². The van der Waals surface area contributed by atoms with Crippen molar-refractivity contribution in [1.29, 1.82) is 0 Å². The molecule has 26 heavy (non-hydrogen) atoms. The Hall–Kier alpha value is -3.00. The van der Waals surface area contributed by atoms with Gasteiger partial charge < -0.3 is 5.32 Å². The van der Waals surface area contributed by atoms with Crippen molar-refractivity contribution in [3.63, 3.8) is 0 Å². The molecule has 1 unspecified atom stereocenters. The monoisotopic (exact) mass is 367 g/mol. The second kappa shape index (κ2) is 7.92. The molecule has 0 bridgehead atoms. The van der Waals surface area contributed by atoms with Crippen LogP contribution >= 0.6 is 11.8 Å². The number of carbonyl (C=O) groups is 2. The van der Waals surface area contributed by atoms with Crippen LogP contribution in [-0.4, -0.2) is 37.1 Å². The highest BCUT2D eigenvalue weighted by Crippen LogP contribution is 2.24. The number of aromatic nitrogens is 4. The van der Waals surface area contributed by atoms with Gasteiger partial charge in [0.15, 0.2) is 5.78 Å². The van der Waals surface area contributed by atoms with Gasteiger partial charge in [0.2, 0.25) is 11.1 Å². The van der Waals surface area contributed by atoms with Gasteiger partial charge >= 0.3 is 0 Å². The molecular formula is C18H17N5O2S. The number of anilines is 1. The zero-order valence-electron chi connectivity index (χ0n) is 14.3. The SMILES string of the molecule is CC(=O)c1ccccc1NC(=O)C(C)Sc1nnnn1-c1ccccc1. The number of para-hydroxylation sites is 2. The molecule has 0 saturated heterocycles. The summed E-state index contributed by atoms with van der Waals surface area (Å²) in [5, 5.41) is 14.5. The molecule has 0 aliphatic heterocycles. The molecule has 8 heteroatoms. The summed E-state index contributed by atoms with van der Waals surface area (Å²) in [6.45, 7) is 3.23. The molecule has 0 aliphatic carbocycles. The number of benzene rings is 2. The Morgan fingerprint density at radius 1 is 1.08 bits per heavy atom. The van der Waals surface area contributed by atoms with Crippen LogP contribution in [0.5, 0.6) is 0 Å². The molecule has 1 N–H and O–H groups in total. The lowest BCUT2D eigenvalue weighted by molar-refractivity contribution is -0.115. The molecule has 7 nitrogen and oxygen atoms in total. The third kappa shape index (κ3) is 3.97. The number of carbonyl (C=O) groups excluding carboxylic acids is 2. The first-order valence-electron chi connectivity index (χ1n) is 7.97. The van der Waals surface area contributed by atoms with Crippen molar-refractivity contribution in [3.05, 3.63) is 60.2 Å². The van der Waals surface area contributed by atoms with Crippen LogP contribution in [0.2, 0.25) is 0 Å². The molecule has 1 aromatic heterocycles. The summed E-state index contributed by atoms with van der Waals surface area (Å²) >= 11 is 1.24. The van der Waals surface area contributed by atoms with Crippen molar-refractivity contribution in [2.24, 2.45) is 0 Å². The summed E-state index contributed by atoms with van der Waals surface area (Å²) in [5.74, 6) is -0.333. The maximum absolute atomic E-state index is 12.5. The third-order valence-electron chi connectivity index (χ3n) is 3.66. The molecule has 1 atom stereocenters. The second-order valence-electron chi connectivity index (χ2n) is 5.56. The smallest absolute Gasteiger partial charge is 0.237 e. The van der Waals surface area contributed by atoms with Crippen LogP contribution in [0.1, 0.15) is 24.2 Å². The summed E-state index contributed by atoms with van der Waals surface area (Å²) in [7, 11) is 0. The number of hydrogen-bond donors (Lipinski definition) is 1. The van der Waals surface area contributed by atoms with Crippen molar-refractivity contribution in [1.82, 2.24) is 20.2 Å². The molecule has 0 aliphatic rings. The largest absolute Gasteiger partial charge is 0.324 e. The van der Waals surface area contributed by atoms with E-state index in [1.165, 1.54) is 18.7 Å². The van der Waals surface area contributed by atoms with E-state index in [0.29, 0.717) is 16.4 Å². The first kappa shape index (κ1) is 17.8. The Labute approximate surface area is 154 Å². The van der Waals surface area contributed by atoms with E-state index in [-0.39, 0.29) is 11.7 Å². The number of hydrogen-bond acceptors (Lipinski definition) is 6. The predicted octanol–water partition coefficient (Wildman–Crippen LogP) is 2.98. The Morgan fingerprint density at radius 3 is 2.50 bits per heavy atom. The number of rotatable bonds is 6. The van der Waals surface area contributed by atoms with E-state index in [1.54, 1.807) is 35.9 Å². The predicted molar refractivity (Wildman–Crippen MR) is 99.5 cm³/mol. The van der Waals surface area contributed by atoms with Gasteiger partial charge in [-0.25, -0.2) is 0 Å². The minimum atomic E-state index is -0.455. The molecule has 132 valence electrons. The zero-order valence-corrected chi connectivity index (χ0v) is 15.1. The maximum atomic E-state index is 12.5. The molecule has 0 fully saturated rings. The number of nitrogens with zero attached hydrogens (tertiary/aromatic N) is 4. The van der Waals surface area contributed by atoms with Gasteiger partial charge in [-0.3, -0.25) is 9.59 Å². The van der Waals surface area contributed by atoms with Crippen molar-refractivity contribution in [2.45, 2.75) is 24.3 Å². The normalized spacial score (nSPS) is 11.8. The van der Waals surface area contributed by atoms with Crippen molar-refractivity contribution < 1.29 is 9.59 Å². The Kier molecular flexibility index (Phi) is 5.43. The lowest BCUT2D eigenvalue weighted by Crippen LogP contribution is -2.24. The summed E-state index contributed by atoms with van der Waals surface area (Å²) in [6, 6.07) is 16.4. The van der Waals surface area contributed by atoms with Crippen LogP contribution in [0, 0.1) is 0 Å². The summed E-state index contributed by atoms with van der Waals surface area (Å²) in [6.07, 6.45) is 0. The highest BCUT2D eigenvalue weighted by Gasteiger charge is 2.20. The molecule has 1 heterocycles. The highest BCUT2D eigenvalue weighted by atomic mass is 32.2. The van der Waals surface area contributed by atoms with Gasteiger partial charge in [0.25, 0.3) is 0 Å². The molecule has 3 rings (SSSR count). The van der Waals surface area contributed by atoms with Crippen molar-refractivity contribution >= 4 is 29.1 Å². The number of thioether (sulfide) groups is 1. The Bertz CT molecular complexity index is 926. The third-order valence-corrected chi connectivity index (χ3v) is 4.69. The van der Waals surface area contributed by atoms with E-state index in [1.807, 2.05) is 30.3 Å².